The average Bonchev–Trinajstić information content (AvgIpc) is 3.02. The average molecular weight is 471 g/mol. The normalized spacial score (nSPS) is 11.5. The number of para-hydroxylation sites is 1. The van der Waals surface area contributed by atoms with Crippen molar-refractivity contribution in [1.82, 2.24) is 14.8 Å². The predicted molar refractivity (Wildman–Crippen MR) is 105 cm³/mol. The van der Waals surface area contributed by atoms with Gasteiger partial charge >= 0.3 is 6.18 Å². The molecule has 3 aromatic rings. The van der Waals surface area contributed by atoms with E-state index < -0.39 is 17.6 Å². The smallest absolute Gasteiger partial charge is 0.325 e. The molecule has 0 aliphatic heterocycles. The summed E-state index contributed by atoms with van der Waals surface area (Å²) >= 11 is 4.11. The maximum absolute atomic E-state index is 13.2. The maximum atomic E-state index is 13.2. The first kappa shape index (κ1) is 20.4. The highest BCUT2D eigenvalue weighted by Gasteiger charge is 2.34. The molecule has 28 heavy (non-hydrogen) atoms. The van der Waals surface area contributed by atoms with Gasteiger partial charge in [-0.05, 0) is 37.3 Å². The van der Waals surface area contributed by atoms with Crippen LogP contribution in [0.25, 0.3) is 5.69 Å². The summed E-state index contributed by atoms with van der Waals surface area (Å²) in [6.07, 6.45) is -4.58. The van der Waals surface area contributed by atoms with Crippen molar-refractivity contribution in [3.63, 3.8) is 0 Å². The largest absolute Gasteiger partial charge is 0.418 e. The molecule has 1 aromatic heterocycles. The number of amides is 1. The Bertz CT molecular complexity index is 992. The summed E-state index contributed by atoms with van der Waals surface area (Å²) in [5.41, 5.74) is -0.370. The van der Waals surface area contributed by atoms with Crippen LogP contribution in [0.15, 0.2) is 58.2 Å². The number of benzene rings is 2. The molecule has 0 spiro atoms. The van der Waals surface area contributed by atoms with Crippen molar-refractivity contribution in [2.75, 3.05) is 11.1 Å². The van der Waals surface area contributed by atoms with Gasteiger partial charge in [-0.3, -0.25) is 9.36 Å². The molecule has 0 saturated heterocycles. The fourth-order valence-corrected chi connectivity index (χ4v) is 3.65. The molecule has 0 radical (unpaired) electrons. The number of thioether (sulfide) groups is 1. The zero-order valence-electron chi connectivity index (χ0n) is 14.5. The van der Waals surface area contributed by atoms with Crippen LogP contribution in [0.3, 0.4) is 0 Å². The van der Waals surface area contributed by atoms with E-state index in [2.05, 4.69) is 31.4 Å². The molecule has 1 heterocycles. The molecule has 5 nitrogen and oxygen atoms in total. The molecule has 0 atom stereocenters. The Labute approximate surface area is 171 Å². The minimum Gasteiger partial charge on any atom is -0.325 e. The van der Waals surface area contributed by atoms with Crippen LogP contribution in [0.1, 0.15) is 11.4 Å². The van der Waals surface area contributed by atoms with Gasteiger partial charge in [-0.15, -0.1) is 10.2 Å². The number of nitrogens with zero attached hydrogens (tertiary/aromatic N) is 3. The van der Waals surface area contributed by atoms with Crippen LogP contribution in [-0.4, -0.2) is 26.4 Å². The van der Waals surface area contributed by atoms with Gasteiger partial charge in [-0.1, -0.05) is 45.9 Å². The van der Waals surface area contributed by atoms with E-state index in [1.807, 2.05) is 30.3 Å². The molecule has 0 unspecified atom stereocenters. The Hall–Kier alpha value is -2.33. The zero-order valence-corrected chi connectivity index (χ0v) is 16.9. The zero-order chi connectivity index (χ0) is 20.3. The molecule has 10 heteroatoms. The lowest BCUT2D eigenvalue weighted by molar-refractivity contribution is -0.137. The molecule has 146 valence electrons. The highest BCUT2D eigenvalue weighted by atomic mass is 79.9. The van der Waals surface area contributed by atoms with E-state index in [0.29, 0.717) is 11.0 Å². The van der Waals surface area contributed by atoms with Gasteiger partial charge in [0.25, 0.3) is 0 Å². The summed E-state index contributed by atoms with van der Waals surface area (Å²) in [5.74, 6) is -0.0438. The number of halogens is 4. The first-order valence-electron chi connectivity index (χ1n) is 8.02. The molecule has 0 aliphatic carbocycles. The fraction of sp³-hybridized carbons (Fsp3) is 0.167. The molecule has 2 aromatic carbocycles. The van der Waals surface area contributed by atoms with E-state index >= 15 is 0 Å². The monoisotopic (exact) mass is 470 g/mol. The maximum Gasteiger partial charge on any atom is 0.418 e. The third kappa shape index (κ3) is 4.74. The number of alkyl halides is 3. The van der Waals surface area contributed by atoms with Crippen molar-refractivity contribution in [3.05, 3.63) is 64.4 Å². The molecular weight excluding hydrogens is 457 g/mol. The second kappa shape index (κ2) is 8.36. The minimum atomic E-state index is -4.58. The van der Waals surface area contributed by atoms with E-state index in [-0.39, 0.29) is 15.9 Å². The fourth-order valence-electron chi connectivity index (χ4n) is 2.49. The van der Waals surface area contributed by atoms with Gasteiger partial charge < -0.3 is 5.32 Å². The van der Waals surface area contributed by atoms with Gasteiger partial charge in [0.2, 0.25) is 5.91 Å². The highest BCUT2D eigenvalue weighted by molar-refractivity contribution is 9.10. The van der Waals surface area contributed by atoms with Crippen LogP contribution in [-0.2, 0) is 11.0 Å². The Morgan fingerprint density at radius 1 is 1.18 bits per heavy atom. The molecule has 0 fully saturated rings. The van der Waals surface area contributed by atoms with Gasteiger partial charge in [-0.2, -0.15) is 13.2 Å². The quantitative estimate of drug-likeness (QED) is 0.527. The van der Waals surface area contributed by atoms with E-state index in [0.717, 1.165) is 23.5 Å². The summed E-state index contributed by atoms with van der Waals surface area (Å²) in [6, 6.07) is 12.9. The number of nitrogens with one attached hydrogen (secondary N) is 1. The first-order valence-corrected chi connectivity index (χ1v) is 9.80. The van der Waals surface area contributed by atoms with E-state index in [9.17, 15) is 18.0 Å². The van der Waals surface area contributed by atoms with Crippen molar-refractivity contribution in [2.24, 2.45) is 0 Å². The topological polar surface area (TPSA) is 59.8 Å². The predicted octanol–water partition coefficient (Wildman–Crippen LogP) is 5.09. The van der Waals surface area contributed by atoms with Crippen LogP contribution in [0.5, 0.6) is 0 Å². The Kier molecular flexibility index (Phi) is 6.09. The van der Waals surface area contributed by atoms with Crippen molar-refractivity contribution in [3.8, 4) is 5.69 Å². The SMILES string of the molecule is Cc1nnc(SCC(=O)Nc2ccc(Br)cc2C(F)(F)F)n1-c1ccccc1. The number of aryl methyl sites for hydroxylation is 1. The van der Waals surface area contributed by atoms with Gasteiger partial charge in [0.15, 0.2) is 5.16 Å². The number of carbonyl (C=O) groups is 1. The molecule has 0 bridgehead atoms. The van der Waals surface area contributed by atoms with Crippen molar-refractivity contribution in [1.29, 1.82) is 0 Å². The number of hydrogen-bond acceptors (Lipinski definition) is 4. The van der Waals surface area contributed by atoms with Crippen LogP contribution in [0, 0.1) is 6.92 Å². The van der Waals surface area contributed by atoms with Crippen LogP contribution in [0.2, 0.25) is 0 Å². The molecule has 0 saturated carbocycles. The second-order valence-corrected chi connectivity index (χ2v) is 7.58. The van der Waals surface area contributed by atoms with E-state index in [1.54, 1.807) is 11.5 Å². The van der Waals surface area contributed by atoms with E-state index in [4.69, 9.17) is 0 Å². The number of rotatable bonds is 5. The minimum absolute atomic E-state index is 0.113. The van der Waals surface area contributed by atoms with Crippen molar-refractivity contribution < 1.29 is 18.0 Å². The summed E-state index contributed by atoms with van der Waals surface area (Å²) in [5, 5.41) is 10.9. The van der Waals surface area contributed by atoms with Crippen LogP contribution >= 0.6 is 27.7 Å². The van der Waals surface area contributed by atoms with Gasteiger partial charge in [0.1, 0.15) is 5.82 Å². The number of aromatic nitrogens is 3. The number of hydrogen-bond donors (Lipinski definition) is 1. The standard InChI is InChI=1S/C18H14BrF3N4OS/c1-11-24-25-17(26(11)13-5-3-2-4-6-13)28-10-16(27)23-15-8-7-12(19)9-14(15)18(20,21)22/h2-9H,10H2,1H3,(H,23,27). The number of anilines is 1. The molecule has 1 amide bonds. The third-order valence-electron chi connectivity index (χ3n) is 3.70. The second-order valence-electron chi connectivity index (χ2n) is 5.73. The highest BCUT2D eigenvalue weighted by Crippen LogP contribution is 2.36. The van der Waals surface area contributed by atoms with Crippen molar-refractivity contribution in [2.45, 2.75) is 18.3 Å². The lowest BCUT2D eigenvalue weighted by Crippen LogP contribution is -2.18. The molecule has 0 aliphatic rings. The van der Waals surface area contributed by atoms with Crippen molar-refractivity contribution >= 4 is 39.3 Å². The first-order chi connectivity index (χ1) is 13.3. The lowest BCUT2D eigenvalue weighted by atomic mass is 10.1. The molecule has 3 rings (SSSR count). The van der Waals surface area contributed by atoms with Gasteiger partial charge in [-0.25, -0.2) is 0 Å². The molecular formula is C18H14BrF3N4OS. The van der Waals surface area contributed by atoms with Crippen LogP contribution in [0.4, 0.5) is 18.9 Å². The van der Waals surface area contributed by atoms with Gasteiger partial charge in [0, 0.05) is 10.2 Å². The summed E-state index contributed by atoms with van der Waals surface area (Å²) in [6.45, 7) is 1.78. The molecule has 1 N–H and O–H groups in total. The summed E-state index contributed by atoms with van der Waals surface area (Å²) < 4.78 is 41.6. The summed E-state index contributed by atoms with van der Waals surface area (Å²) in [7, 11) is 0. The Morgan fingerprint density at radius 3 is 2.57 bits per heavy atom. The summed E-state index contributed by atoms with van der Waals surface area (Å²) in [4.78, 5) is 12.2. The Morgan fingerprint density at radius 2 is 1.89 bits per heavy atom. The number of carbonyl (C=O) groups excluding carboxylic acids is 1. The van der Waals surface area contributed by atoms with Crippen LogP contribution < -0.4 is 5.32 Å². The third-order valence-corrected chi connectivity index (χ3v) is 5.13. The van der Waals surface area contributed by atoms with E-state index in [1.165, 1.54) is 12.1 Å². The Balaban J connectivity index is 1.73. The lowest BCUT2D eigenvalue weighted by Gasteiger charge is -2.14. The van der Waals surface area contributed by atoms with Gasteiger partial charge in [0.05, 0.1) is 17.0 Å².